The molecule has 2 aromatic heterocycles. The van der Waals surface area contributed by atoms with Crippen LogP contribution in [0.4, 0.5) is 5.95 Å². The molecule has 1 aliphatic carbocycles. The van der Waals surface area contributed by atoms with Crippen molar-refractivity contribution in [1.29, 1.82) is 5.26 Å². The summed E-state index contributed by atoms with van der Waals surface area (Å²) in [5.41, 5.74) is 8.56. The Balaban J connectivity index is 1.64. The second-order valence-electron chi connectivity index (χ2n) is 8.63. The first kappa shape index (κ1) is 21.1. The van der Waals surface area contributed by atoms with E-state index < -0.39 is 6.23 Å². The van der Waals surface area contributed by atoms with Gasteiger partial charge in [0, 0.05) is 36.1 Å². The molecule has 3 aromatic rings. The van der Waals surface area contributed by atoms with Crippen LogP contribution in [0.15, 0.2) is 34.4 Å². The van der Waals surface area contributed by atoms with Gasteiger partial charge in [0.05, 0.1) is 23.7 Å². The van der Waals surface area contributed by atoms with Gasteiger partial charge < -0.3 is 15.7 Å². The van der Waals surface area contributed by atoms with E-state index in [1.54, 1.807) is 10.6 Å². The summed E-state index contributed by atoms with van der Waals surface area (Å²) >= 11 is 1.30. The summed E-state index contributed by atoms with van der Waals surface area (Å²) in [7, 11) is 0. The molecule has 9 heteroatoms. The van der Waals surface area contributed by atoms with Crippen LogP contribution < -0.4 is 21.5 Å². The summed E-state index contributed by atoms with van der Waals surface area (Å²) in [6.45, 7) is 1.62. The maximum Gasteiger partial charge on any atom is 0.273 e. The minimum Gasteiger partial charge on any atom is -0.374 e. The number of fused-ring (bicyclic) bond motifs is 1. The molecule has 2 aliphatic rings. The molecule has 1 saturated carbocycles. The molecular formula is C23H26N6O2S. The molecule has 1 saturated heterocycles. The van der Waals surface area contributed by atoms with Gasteiger partial charge in [0.1, 0.15) is 10.9 Å². The third-order valence-electron chi connectivity index (χ3n) is 6.16. The molecule has 0 radical (unpaired) electrons. The summed E-state index contributed by atoms with van der Waals surface area (Å²) in [4.78, 5) is 20.6. The standard InChI is InChI=1S/C23H26N6O2S/c24-10-14-4-1-2-5-15(14)11-29-22(31)20-19(18(13-32-20)21(30)26-17-7-8-17)27-23(29)28-9-3-6-16(25)12-28/h1-2,4-5,13,16-17,21,26,30H,3,6-9,11-12,25H2. The van der Waals surface area contributed by atoms with Crippen molar-refractivity contribution in [3.8, 4) is 6.07 Å². The number of thiophene rings is 1. The minimum atomic E-state index is -0.852. The first-order chi connectivity index (χ1) is 15.5. The molecular weight excluding hydrogens is 424 g/mol. The molecule has 8 nitrogen and oxygen atoms in total. The molecule has 0 amide bonds. The Bertz CT molecular complexity index is 1240. The van der Waals surface area contributed by atoms with Gasteiger partial charge in [-0.05, 0) is 37.3 Å². The number of rotatable bonds is 6. The predicted octanol–water partition coefficient (Wildman–Crippen LogP) is 2.05. The van der Waals surface area contributed by atoms with Crippen molar-refractivity contribution in [3.63, 3.8) is 0 Å². The zero-order chi connectivity index (χ0) is 22.2. The van der Waals surface area contributed by atoms with Gasteiger partial charge in [0.15, 0.2) is 0 Å². The first-order valence-corrected chi connectivity index (χ1v) is 11.9. The molecule has 5 rings (SSSR count). The average molecular weight is 451 g/mol. The monoisotopic (exact) mass is 450 g/mol. The molecule has 2 atom stereocenters. The largest absolute Gasteiger partial charge is 0.374 e. The maximum atomic E-state index is 13.6. The lowest BCUT2D eigenvalue weighted by Crippen LogP contribution is -2.45. The highest BCUT2D eigenvalue weighted by Crippen LogP contribution is 2.31. The highest BCUT2D eigenvalue weighted by Gasteiger charge is 2.28. The van der Waals surface area contributed by atoms with Crippen LogP contribution in [0.25, 0.3) is 10.2 Å². The molecule has 4 N–H and O–H groups in total. The average Bonchev–Trinajstić information content (AvgIpc) is 3.50. The molecule has 2 fully saturated rings. The van der Waals surface area contributed by atoms with Crippen LogP contribution in [0.5, 0.6) is 0 Å². The number of aromatic nitrogens is 2. The van der Waals surface area contributed by atoms with Gasteiger partial charge in [-0.3, -0.25) is 14.7 Å². The summed E-state index contributed by atoms with van der Waals surface area (Å²) in [5.74, 6) is 0.545. The smallest absolute Gasteiger partial charge is 0.273 e. The number of nitrogens with two attached hydrogens (primary N) is 1. The molecule has 32 heavy (non-hydrogen) atoms. The lowest BCUT2D eigenvalue weighted by Gasteiger charge is -2.33. The van der Waals surface area contributed by atoms with E-state index in [9.17, 15) is 15.2 Å². The normalized spacial score (nSPS) is 19.8. The fraction of sp³-hybridized carbons (Fsp3) is 0.435. The number of anilines is 1. The van der Waals surface area contributed by atoms with Crippen molar-refractivity contribution in [1.82, 2.24) is 14.9 Å². The van der Waals surface area contributed by atoms with Crippen LogP contribution in [0.1, 0.15) is 48.6 Å². The quantitative estimate of drug-likeness (QED) is 0.492. The van der Waals surface area contributed by atoms with Gasteiger partial charge in [0.25, 0.3) is 5.56 Å². The summed E-state index contributed by atoms with van der Waals surface area (Å²) in [6.07, 6.45) is 3.11. The van der Waals surface area contributed by atoms with Crippen LogP contribution >= 0.6 is 11.3 Å². The Morgan fingerprint density at radius 2 is 2.16 bits per heavy atom. The van der Waals surface area contributed by atoms with E-state index in [-0.39, 0.29) is 18.1 Å². The van der Waals surface area contributed by atoms with Gasteiger partial charge in [0.2, 0.25) is 5.95 Å². The van der Waals surface area contributed by atoms with E-state index >= 15 is 0 Å². The van der Waals surface area contributed by atoms with Gasteiger partial charge in [-0.25, -0.2) is 4.98 Å². The zero-order valence-electron chi connectivity index (χ0n) is 17.7. The highest BCUT2D eigenvalue weighted by molar-refractivity contribution is 7.17. The van der Waals surface area contributed by atoms with E-state index in [0.717, 1.165) is 37.8 Å². The zero-order valence-corrected chi connectivity index (χ0v) is 18.5. The van der Waals surface area contributed by atoms with E-state index in [0.29, 0.717) is 39.9 Å². The van der Waals surface area contributed by atoms with Crippen LogP contribution in [0.2, 0.25) is 0 Å². The van der Waals surface area contributed by atoms with E-state index in [1.807, 2.05) is 23.6 Å². The van der Waals surface area contributed by atoms with Crippen molar-refractivity contribution >= 4 is 27.5 Å². The second-order valence-corrected chi connectivity index (χ2v) is 9.51. The lowest BCUT2D eigenvalue weighted by molar-refractivity contribution is 0.138. The number of nitriles is 1. The Kier molecular flexibility index (Phi) is 5.69. The number of nitrogens with one attached hydrogen (secondary N) is 1. The van der Waals surface area contributed by atoms with E-state index in [1.165, 1.54) is 11.3 Å². The van der Waals surface area contributed by atoms with Crippen molar-refractivity contribution in [3.05, 3.63) is 56.7 Å². The summed E-state index contributed by atoms with van der Waals surface area (Å²) in [6, 6.07) is 9.85. The number of aliphatic hydroxyl groups excluding tert-OH is 1. The third kappa shape index (κ3) is 4.02. The lowest BCUT2D eigenvalue weighted by atomic mass is 10.1. The molecule has 3 heterocycles. The second kappa shape index (κ2) is 8.64. The number of hydrogen-bond donors (Lipinski definition) is 3. The number of benzene rings is 1. The Morgan fingerprint density at radius 3 is 2.91 bits per heavy atom. The number of nitrogens with zero attached hydrogens (tertiary/aromatic N) is 4. The van der Waals surface area contributed by atoms with Gasteiger partial charge >= 0.3 is 0 Å². The Morgan fingerprint density at radius 1 is 1.34 bits per heavy atom. The summed E-state index contributed by atoms with van der Waals surface area (Å²) < 4.78 is 2.16. The van der Waals surface area contributed by atoms with Crippen LogP contribution in [0.3, 0.4) is 0 Å². The minimum absolute atomic E-state index is 0.0141. The van der Waals surface area contributed by atoms with Crippen molar-refractivity contribution in [2.24, 2.45) is 5.73 Å². The van der Waals surface area contributed by atoms with Crippen LogP contribution in [0, 0.1) is 11.3 Å². The fourth-order valence-corrected chi connectivity index (χ4v) is 5.25. The molecule has 0 bridgehead atoms. The Labute approximate surface area is 189 Å². The summed E-state index contributed by atoms with van der Waals surface area (Å²) in [5, 5.41) is 25.2. The van der Waals surface area contributed by atoms with Gasteiger partial charge in [-0.15, -0.1) is 11.3 Å². The van der Waals surface area contributed by atoms with Crippen LogP contribution in [-0.2, 0) is 6.54 Å². The van der Waals surface area contributed by atoms with Gasteiger partial charge in [-0.2, -0.15) is 5.26 Å². The molecule has 2 unspecified atom stereocenters. The van der Waals surface area contributed by atoms with Crippen molar-refractivity contribution < 1.29 is 5.11 Å². The van der Waals surface area contributed by atoms with E-state index in [4.69, 9.17) is 10.7 Å². The Hall–Kier alpha value is -2.77. The number of piperidine rings is 1. The SMILES string of the molecule is N#Cc1ccccc1Cn1c(N2CCCC(N)C2)nc2c(C(O)NC3CC3)csc2c1=O. The predicted molar refractivity (Wildman–Crippen MR) is 125 cm³/mol. The molecule has 166 valence electrons. The maximum absolute atomic E-state index is 13.6. The van der Waals surface area contributed by atoms with Crippen molar-refractivity contribution in [2.75, 3.05) is 18.0 Å². The molecule has 0 spiro atoms. The number of aliphatic hydroxyl groups is 1. The van der Waals surface area contributed by atoms with Gasteiger partial charge in [-0.1, -0.05) is 18.2 Å². The molecule has 1 aromatic carbocycles. The van der Waals surface area contributed by atoms with Crippen LogP contribution in [-0.4, -0.2) is 39.8 Å². The highest BCUT2D eigenvalue weighted by atomic mass is 32.1. The molecule has 1 aliphatic heterocycles. The third-order valence-corrected chi connectivity index (χ3v) is 7.13. The van der Waals surface area contributed by atoms with E-state index in [2.05, 4.69) is 16.3 Å². The number of hydrogen-bond acceptors (Lipinski definition) is 8. The topological polar surface area (TPSA) is 120 Å². The fourth-order valence-electron chi connectivity index (χ4n) is 4.28. The van der Waals surface area contributed by atoms with Crippen molar-refractivity contribution in [2.45, 2.75) is 50.5 Å². The first-order valence-electron chi connectivity index (χ1n) is 11.0.